The van der Waals surface area contributed by atoms with Gasteiger partial charge in [0.1, 0.15) is 5.82 Å². The van der Waals surface area contributed by atoms with Crippen molar-refractivity contribution >= 4 is 68.0 Å². The van der Waals surface area contributed by atoms with E-state index in [4.69, 9.17) is 14.7 Å². The molecule has 3 aromatic heterocycles. The molecule has 0 saturated carbocycles. The number of benzene rings is 7. The molecule has 0 atom stereocenters. The van der Waals surface area contributed by atoms with Gasteiger partial charge in [0.05, 0.1) is 5.82 Å². The van der Waals surface area contributed by atoms with Gasteiger partial charge in [0.2, 0.25) is 6.71 Å². The Bertz CT molecular complexity index is 3370. The van der Waals surface area contributed by atoms with Crippen molar-refractivity contribution in [3.63, 3.8) is 0 Å². The minimum Gasteiger partial charge on any atom is -0.503 e. The molecular weight excluding hydrogens is 961 g/mol. The molecule has 5 nitrogen and oxygen atoms in total. The Morgan fingerprint density at radius 2 is 1.12 bits per heavy atom. The van der Waals surface area contributed by atoms with Crippen molar-refractivity contribution in [1.29, 1.82) is 0 Å². The number of pyridine rings is 1. The number of imidazole rings is 1. The van der Waals surface area contributed by atoms with Crippen molar-refractivity contribution in [3.05, 3.63) is 204 Å². The summed E-state index contributed by atoms with van der Waals surface area (Å²) in [6.07, 6.45) is 5.79. The summed E-state index contributed by atoms with van der Waals surface area (Å²) >= 11 is 0. The summed E-state index contributed by atoms with van der Waals surface area (Å²) in [5.41, 5.74) is 18.7. The number of hydrogen-bond acceptors (Lipinski definition) is 3. The summed E-state index contributed by atoms with van der Waals surface area (Å²) in [6.45, 7) is 13.1. The van der Waals surface area contributed by atoms with Gasteiger partial charge in [-0.1, -0.05) is 159 Å². The van der Waals surface area contributed by atoms with Gasteiger partial charge >= 0.3 is 21.1 Å². The van der Waals surface area contributed by atoms with E-state index in [0.717, 1.165) is 50.2 Å². The van der Waals surface area contributed by atoms with Crippen LogP contribution in [-0.4, -0.2) is 32.5 Å². The van der Waals surface area contributed by atoms with Crippen molar-refractivity contribution in [2.75, 3.05) is 0 Å². The standard InChI is InChI=1S/C56H44B2N4O.Pt/c1-35-16-13-17-36(2)52(35)57-45-23-8-9-24-46(45)58(53-37(3)18-14-19-38(53)4)54-47(57)32-41(56-60-30-31-61(56)55-39(5)20-15-21-40(55)6)33-50(54)63-42-27-28-44-43-22-7-10-25-48(43)62(49(44)34-42)51-26-11-12-29-59-51;/h7-32H,1-6H3;/q-2;+2. The summed E-state index contributed by atoms with van der Waals surface area (Å²) in [6, 6.07) is 57.5. The SMILES string of the molecule is Cc1cccc(C)c1B1c2ccccc2B(c2c(C)cccc2C)c2c(Oc3[c-]c4c(cc3)c3ccccc3n4-c3ccccn3)[c-]c(-c3nccn3-c3c(C)cccc3C)cc21.[Pt+2]. The summed E-state index contributed by atoms with van der Waals surface area (Å²) in [5, 5.41) is 2.21. The number of nitrogens with zero attached hydrogens (tertiary/aromatic N) is 4. The third kappa shape index (κ3) is 6.68. The van der Waals surface area contributed by atoms with E-state index in [1.54, 1.807) is 0 Å². The molecule has 0 N–H and O–H groups in total. The van der Waals surface area contributed by atoms with Gasteiger partial charge in [-0.15, -0.1) is 34.6 Å². The molecule has 10 aromatic rings. The van der Waals surface area contributed by atoms with Crippen molar-refractivity contribution < 1.29 is 25.8 Å². The summed E-state index contributed by atoms with van der Waals surface area (Å²) in [4.78, 5) is 9.89. The Labute approximate surface area is 390 Å². The topological polar surface area (TPSA) is 44.9 Å². The molecule has 64 heavy (non-hydrogen) atoms. The first-order valence-electron chi connectivity index (χ1n) is 21.7. The molecule has 0 fully saturated rings. The quantitative estimate of drug-likeness (QED) is 0.119. The number of aromatic nitrogens is 4. The van der Waals surface area contributed by atoms with E-state index in [1.165, 1.54) is 60.7 Å². The fourth-order valence-electron chi connectivity index (χ4n) is 10.5. The largest absolute Gasteiger partial charge is 2.00 e. The van der Waals surface area contributed by atoms with Crippen LogP contribution in [-0.2, 0) is 21.1 Å². The number of ether oxygens (including phenoxy) is 1. The third-order valence-electron chi connectivity index (χ3n) is 13.2. The van der Waals surface area contributed by atoms with Crippen molar-refractivity contribution in [1.82, 2.24) is 19.1 Å². The normalized spacial score (nSPS) is 12.0. The van der Waals surface area contributed by atoms with Crippen molar-refractivity contribution in [3.8, 4) is 34.4 Å². The first kappa shape index (κ1) is 41.3. The first-order valence-corrected chi connectivity index (χ1v) is 21.7. The van der Waals surface area contributed by atoms with E-state index in [-0.39, 0.29) is 34.5 Å². The second-order valence-electron chi connectivity index (χ2n) is 17.1. The molecule has 8 heteroatoms. The Kier molecular flexibility index (Phi) is 10.6. The van der Waals surface area contributed by atoms with E-state index < -0.39 is 0 Å². The molecule has 0 unspecified atom stereocenters. The maximum atomic E-state index is 7.41. The number of rotatable bonds is 7. The van der Waals surface area contributed by atoms with Crippen LogP contribution >= 0.6 is 0 Å². The molecule has 0 saturated heterocycles. The van der Waals surface area contributed by atoms with E-state index in [0.29, 0.717) is 11.5 Å². The fraction of sp³-hybridized carbons (Fsp3) is 0.107. The number of aryl methyl sites for hydroxylation is 6. The molecule has 1 aliphatic rings. The van der Waals surface area contributed by atoms with Gasteiger partial charge in [-0.3, -0.25) is 4.98 Å². The zero-order valence-electron chi connectivity index (χ0n) is 36.7. The van der Waals surface area contributed by atoms with Crippen LogP contribution in [0.1, 0.15) is 33.4 Å². The van der Waals surface area contributed by atoms with Crippen molar-refractivity contribution in [2.45, 2.75) is 41.5 Å². The third-order valence-corrected chi connectivity index (χ3v) is 13.2. The maximum Gasteiger partial charge on any atom is 2.00 e. The molecule has 7 aromatic carbocycles. The molecule has 0 radical (unpaired) electrons. The van der Waals surface area contributed by atoms with E-state index in [2.05, 4.69) is 190 Å². The van der Waals surface area contributed by atoms with Crippen LogP contribution in [0.25, 0.3) is 44.7 Å². The van der Waals surface area contributed by atoms with Crippen LogP contribution < -0.4 is 37.5 Å². The van der Waals surface area contributed by atoms with Gasteiger partial charge in [0.25, 0.3) is 0 Å². The maximum absolute atomic E-state index is 7.41. The molecule has 11 rings (SSSR count). The predicted molar refractivity (Wildman–Crippen MR) is 262 cm³/mol. The monoisotopic (exact) mass is 1010 g/mol. The Morgan fingerprint density at radius 1 is 0.516 bits per heavy atom. The average molecular weight is 1010 g/mol. The van der Waals surface area contributed by atoms with Gasteiger partial charge in [0, 0.05) is 41.3 Å². The number of fused-ring (bicyclic) bond motifs is 5. The molecule has 0 bridgehead atoms. The molecule has 310 valence electrons. The molecular formula is C56H44B2N4OPt. The molecule has 0 spiro atoms. The van der Waals surface area contributed by atoms with Crippen LogP contribution in [0.5, 0.6) is 11.5 Å². The Hall–Kier alpha value is -6.68. The Morgan fingerprint density at radius 3 is 1.80 bits per heavy atom. The summed E-state index contributed by atoms with van der Waals surface area (Å²) in [7, 11) is 0. The van der Waals surface area contributed by atoms with Crippen LogP contribution in [0.3, 0.4) is 0 Å². The summed E-state index contributed by atoms with van der Waals surface area (Å²) < 4.78 is 11.8. The fourth-order valence-corrected chi connectivity index (χ4v) is 10.5. The minimum absolute atomic E-state index is 0. The van der Waals surface area contributed by atoms with Gasteiger partial charge in [-0.05, 0) is 76.3 Å². The zero-order valence-corrected chi connectivity index (χ0v) is 39.0. The van der Waals surface area contributed by atoms with Crippen LogP contribution in [0, 0.1) is 53.7 Å². The average Bonchev–Trinajstić information content (AvgIpc) is 3.90. The predicted octanol–water partition coefficient (Wildman–Crippen LogP) is 8.62. The molecule has 0 amide bonds. The van der Waals surface area contributed by atoms with Crippen LogP contribution in [0.2, 0.25) is 0 Å². The van der Waals surface area contributed by atoms with Gasteiger partial charge < -0.3 is 13.9 Å². The summed E-state index contributed by atoms with van der Waals surface area (Å²) in [5.74, 6) is 2.88. The van der Waals surface area contributed by atoms with E-state index >= 15 is 0 Å². The van der Waals surface area contributed by atoms with Crippen LogP contribution in [0.15, 0.2) is 158 Å². The second kappa shape index (κ2) is 16.5. The minimum atomic E-state index is -0.139. The molecule has 1 aliphatic heterocycles. The second-order valence-corrected chi connectivity index (χ2v) is 17.1. The number of para-hydroxylation sites is 2. The molecule has 4 heterocycles. The van der Waals surface area contributed by atoms with Crippen LogP contribution in [0.4, 0.5) is 0 Å². The molecule has 0 aliphatic carbocycles. The van der Waals surface area contributed by atoms with E-state index in [9.17, 15) is 0 Å². The number of hydrogen-bond donors (Lipinski definition) is 0. The zero-order chi connectivity index (χ0) is 42.9. The van der Waals surface area contributed by atoms with Gasteiger partial charge in [0.15, 0.2) is 6.71 Å². The van der Waals surface area contributed by atoms with Gasteiger partial charge in [-0.25, -0.2) is 4.98 Å². The first-order chi connectivity index (χ1) is 30.8. The van der Waals surface area contributed by atoms with Crippen molar-refractivity contribution in [2.24, 2.45) is 0 Å². The van der Waals surface area contributed by atoms with Gasteiger partial charge in [-0.2, -0.15) is 11.5 Å². The smallest absolute Gasteiger partial charge is 0.503 e. The Balaban J connectivity index is 0.00000484. The van der Waals surface area contributed by atoms with E-state index in [1.807, 2.05) is 30.6 Å².